The van der Waals surface area contributed by atoms with Crippen molar-refractivity contribution in [3.05, 3.63) is 62.6 Å². The van der Waals surface area contributed by atoms with E-state index in [1.54, 1.807) is 0 Å². The van der Waals surface area contributed by atoms with Gasteiger partial charge in [-0.3, -0.25) is 0 Å². The Morgan fingerprint density at radius 2 is 1.65 bits per heavy atom. The predicted molar refractivity (Wildman–Crippen MR) is 91.7 cm³/mol. The molecule has 0 spiro atoms. The van der Waals surface area contributed by atoms with Crippen molar-refractivity contribution in [3.8, 4) is 0 Å². The highest BCUT2D eigenvalue weighted by Gasteiger charge is 2.10. The highest BCUT2D eigenvalue weighted by atomic mass is 79.9. The number of halogens is 2. The summed E-state index contributed by atoms with van der Waals surface area (Å²) in [6, 6.07) is 12.7. The molecule has 1 nitrogen and oxygen atoms in total. The molecule has 0 bridgehead atoms. The van der Waals surface area contributed by atoms with Gasteiger partial charge in [0.25, 0.3) is 0 Å². The zero-order chi connectivity index (χ0) is 14.7. The van der Waals surface area contributed by atoms with E-state index in [-0.39, 0.29) is 0 Å². The van der Waals surface area contributed by atoms with Gasteiger partial charge in [-0.25, -0.2) is 0 Å². The fourth-order valence-corrected chi connectivity index (χ4v) is 2.70. The third kappa shape index (κ3) is 3.56. The Bertz CT molecular complexity index is 569. The van der Waals surface area contributed by atoms with Gasteiger partial charge in [-0.1, -0.05) is 46.6 Å². The van der Waals surface area contributed by atoms with Crippen molar-refractivity contribution in [2.45, 2.75) is 33.2 Å². The molecule has 0 amide bonds. The fraction of sp³-hybridized carbons (Fsp3) is 0.294. The van der Waals surface area contributed by atoms with Gasteiger partial charge in [-0.2, -0.15) is 0 Å². The Labute approximate surface area is 134 Å². The third-order valence-electron chi connectivity index (χ3n) is 3.46. The molecule has 1 unspecified atom stereocenters. The molecule has 106 valence electrons. The van der Waals surface area contributed by atoms with Gasteiger partial charge in [0.05, 0.1) is 6.04 Å². The minimum absolute atomic E-state index is 0.298. The van der Waals surface area contributed by atoms with Gasteiger partial charge in [0.2, 0.25) is 0 Å². The molecule has 2 rings (SSSR count). The molecule has 0 aromatic heterocycles. The van der Waals surface area contributed by atoms with E-state index in [0.717, 1.165) is 17.1 Å². The summed E-state index contributed by atoms with van der Waals surface area (Å²) in [7, 11) is 0. The maximum Gasteiger partial charge on any atom is 0.0511 e. The first kappa shape index (κ1) is 15.4. The summed E-state index contributed by atoms with van der Waals surface area (Å²) in [6.07, 6.45) is 1.02. The van der Waals surface area contributed by atoms with E-state index in [0.29, 0.717) is 6.04 Å². The van der Waals surface area contributed by atoms with Crippen molar-refractivity contribution in [1.29, 1.82) is 0 Å². The van der Waals surface area contributed by atoms with Crippen molar-refractivity contribution in [2.75, 3.05) is 5.32 Å². The van der Waals surface area contributed by atoms with Crippen molar-refractivity contribution in [3.63, 3.8) is 0 Å². The molecule has 0 aliphatic rings. The molecule has 20 heavy (non-hydrogen) atoms. The predicted octanol–water partition coefficient (Wildman–Crippen LogP) is 6.28. The Morgan fingerprint density at radius 3 is 2.15 bits per heavy atom. The lowest BCUT2D eigenvalue weighted by Crippen LogP contribution is -2.10. The second kappa shape index (κ2) is 6.64. The lowest BCUT2D eigenvalue weighted by atomic mass is 10.0. The van der Waals surface area contributed by atoms with E-state index < -0.39 is 0 Å². The molecule has 0 saturated carbocycles. The summed E-state index contributed by atoms with van der Waals surface area (Å²) in [5.41, 5.74) is 4.91. The van der Waals surface area contributed by atoms with Gasteiger partial charge < -0.3 is 5.32 Å². The van der Waals surface area contributed by atoms with E-state index in [9.17, 15) is 0 Å². The van der Waals surface area contributed by atoms with Gasteiger partial charge in [0.1, 0.15) is 0 Å². The van der Waals surface area contributed by atoms with Crippen LogP contribution >= 0.6 is 27.5 Å². The number of anilines is 1. The van der Waals surface area contributed by atoms with Crippen molar-refractivity contribution < 1.29 is 0 Å². The number of rotatable bonds is 4. The van der Waals surface area contributed by atoms with E-state index in [4.69, 9.17) is 11.6 Å². The minimum Gasteiger partial charge on any atom is -0.378 e. The molecule has 0 heterocycles. The molecule has 1 N–H and O–H groups in total. The first-order valence-electron chi connectivity index (χ1n) is 6.80. The van der Waals surface area contributed by atoms with Crippen LogP contribution in [-0.2, 0) is 0 Å². The monoisotopic (exact) mass is 351 g/mol. The summed E-state index contributed by atoms with van der Waals surface area (Å²) >= 11 is 9.56. The van der Waals surface area contributed by atoms with Gasteiger partial charge in [-0.05, 0) is 61.2 Å². The summed E-state index contributed by atoms with van der Waals surface area (Å²) in [5, 5.41) is 4.39. The molecule has 2 aromatic carbocycles. The molecule has 0 fully saturated rings. The number of hydrogen-bond acceptors (Lipinski definition) is 1. The largest absolute Gasteiger partial charge is 0.378 e. The van der Waals surface area contributed by atoms with Crippen LogP contribution in [0, 0.1) is 13.8 Å². The average molecular weight is 353 g/mol. The summed E-state index contributed by atoms with van der Waals surface area (Å²) in [5.74, 6) is 0. The van der Waals surface area contributed by atoms with Gasteiger partial charge in [0.15, 0.2) is 0 Å². The van der Waals surface area contributed by atoms with E-state index in [1.807, 2.05) is 12.1 Å². The zero-order valence-electron chi connectivity index (χ0n) is 12.0. The molecule has 0 aliphatic heterocycles. The van der Waals surface area contributed by atoms with Gasteiger partial charge >= 0.3 is 0 Å². The fourth-order valence-electron chi connectivity index (χ4n) is 2.35. The van der Waals surface area contributed by atoms with Crippen LogP contribution in [0.5, 0.6) is 0 Å². The molecular formula is C17H19BrClN. The molecular weight excluding hydrogens is 334 g/mol. The normalized spacial score (nSPS) is 12.2. The molecule has 0 radical (unpaired) electrons. The van der Waals surface area contributed by atoms with Crippen LogP contribution < -0.4 is 5.32 Å². The van der Waals surface area contributed by atoms with Crippen molar-refractivity contribution in [1.82, 2.24) is 0 Å². The van der Waals surface area contributed by atoms with Crippen molar-refractivity contribution >= 4 is 33.2 Å². The second-order valence-electron chi connectivity index (χ2n) is 5.08. The zero-order valence-corrected chi connectivity index (χ0v) is 14.3. The van der Waals surface area contributed by atoms with Crippen LogP contribution in [0.4, 0.5) is 5.69 Å². The Balaban J connectivity index is 2.24. The Morgan fingerprint density at radius 1 is 1.10 bits per heavy atom. The molecule has 0 saturated heterocycles. The van der Waals surface area contributed by atoms with E-state index >= 15 is 0 Å². The quantitative estimate of drug-likeness (QED) is 0.682. The van der Waals surface area contributed by atoms with Gasteiger partial charge in [-0.15, -0.1) is 0 Å². The van der Waals surface area contributed by atoms with Crippen molar-refractivity contribution in [2.24, 2.45) is 0 Å². The van der Waals surface area contributed by atoms with Crippen LogP contribution in [0.15, 0.2) is 40.9 Å². The van der Waals surface area contributed by atoms with Gasteiger partial charge in [0, 0.05) is 15.2 Å². The van der Waals surface area contributed by atoms with E-state index in [2.05, 4.69) is 66.3 Å². The number of hydrogen-bond donors (Lipinski definition) is 1. The maximum atomic E-state index is 5.95. The number of aryl methyl sites for hydroxylation is 2. The Hall–Kier alpha value is -0.990. The average Bonchev–Trinajstić information content (AvgIpc) is 2.43. The first-order chi connectivity index (χ1) is 9.51. The summed E-state index contributed by atoms with van der Waals surface area (Å²) in [4.78, 5) is 0. The summed E-state index contributed by atoms with van der Waals surface area (Å²) < 4.78 is 1.18. The maximum absolute atomic E-state index is 5.95. The first-order valence-corrected chi connectivity index (χ1v) is 7.97. The van der Waals surface area contributed by atoms with Crippen LogP contribution in [0.2, 0.25) is 5.02 Å². The summed E-state index contributed by atoms with van der Waals surface area (Å²) in [6.45, 7) is 6.42. The highest BCUT2D eigenvalue weighted by molar-refractivity contribution is 9.10. The SMILES string of the molecule is CCC(Nc1cc(C)c(Br)c(C)c1)c1ccc(Cl)cc1. The lowest BCUT2D eigenvalue weighted by Gasteiger charge is -2.20. The highest BCUT2D eigenvalue weighted by Crippen LogP contribution is 2.29. The third-order valence-corrected chi connectivity index (χ3v) is 4.96. The van der Waals surface area contributed by atoms with E-state index in [1.165, 1.54) is 21.2 Å². The number of nitrogens with one attached hydrogen (secondary N) is 1. The lowest BCUT2D eigenvalue weighted by molar-refractivity contribution is 0.749. The van der Waals surface area contributed by atoms with Crippen LogP contribution in [0.3, 0.4) is 0 Å². The standard InChI is InChI=1S/C17H19BrClN/c1-4-16(13-5-7-14(19)8-6-13)20-15-9-11(2)17(18)12(3)10-15/h5-10,16,20H,4H2,1-3H3. The smallest absolute Gasteiger partial charge is 0.0511 e. The Kier molecular flexibility index (Phi) is 5.11. The second-order valence-corrected chi connectivity index (χ2v) is 6.31. The molecule has 0 aliphatic carbocycles. The number of benzene rings is 2. The van der Waals surface area contributed by atoms with Crippen LogP contribution in [0.25, 0.3) is 0 Å². The topological polar surface area (TPSA) is 12.0 Å². The minimum atomic E-state index is 0.298. The molecule has 3 heteroatoms. The van der Waals surface area contributed by atoms with Crippen LogP contribution in [-0.4, -0.2) is 0 Å². The molecule has 2 aromatic rings. The van der Waals surface area contributed by atoms with Crippen LogP contribution in [0.1, 0.15) is 36.1 Å². The molecule has 1 atom stereocenters.